The minimum Gasteiger partial charge on any atom is -0.481 e. The number of aliphatic hydroxyl groups is 1. The van der Waals surface area contributed by atoms with E-state index in [0.717, 1.165) is 25.7 Å². The van der Waals surface area contributed by atoms with Gasteiger partial charge in [0.1, 0.15) is 0 Å². The molecule has 0 bridgehead atoms. The molecule has 0 aromatic carbocycles. The van der Waals surface area contributed by atoms with Gasteiger partial charge in [0.05, 0.1) is 12.5 Å². The third-order valence-corrected chi connectivity index (χ3v) is 3.71. The van der Waals surface area contributed by atoms with Gasteiger partial charge in [-0.15, -0.1) is 0 Å². The molecule has 3 nitrogen and oxygen atoms in total. The molecular weight excluding hydrogens is 264 g/mol. The predicted molar refractivity (Wildman–Crippen MR) is 88.5 cm³/mol. The Labute approximate surface area is 130 Å². The zero-order valence-corrected chi connectivity index (χ0v) is 13.7. The summed E-state index contributed by atoms with van der Waals surface area (Å²) >= 11 is 0. The van der Waals surface area contributed by atoms with Gasteiger partial charge in [0.2, 0.25) is 0 Å². The lowest BCUT2D eigenvalue weighted by Crippen LogP contribution is -2.12. The first-order chi connectivity index (χ1) is 10.2. The molecule has 21 heavy (non-hydrogen) atoms. The van der Waals surface area contributed by atoms with Gasteiger partial charge in [-0.2, -0.15) is 0 Å². The highest BCUT2D eigenvalue weighted by Gasteiger charge is 2.08. The normalized spacial score (nSPS) is 12.9. The van der Waals surface area contributed by atoms with Crippen molar-refractivity contribution in [3.05, 3.63) is 12.2 Å². The lowest BCUT2D eigenvalue weighted by molar-refractivity contribution is -0.139. The number of hydrogen-bond acceptors (Lipinski definition) is 2. The van der Waals surface area contributed by atoms with Crippen molar-refractivity contribution in [3.63, 3.8) is 0 Å². The first kappa shape index (κ1) is 20.2. The lowest BCUT2D eigenvalue weighted by atomic mass is 10.1. The van der Waals surface area contributed by atoms with Crippen LogP contribution in [0.4, 0.5) is 0 Å². The van der Waals surface area contributed by atoms with E-state index in [1.807, 2.05) is 0 Å². The Morgan fingerprint density at radius 1 is 0.905 bits per heavy atom. The highest BCUT2D eigenvalue weighted by atomic mass is 16.4. The van der Waals surface area contributed by atoms with Crippen molar-refractivity contribution in [2.75, 3.05) is 0 Å². The van der Waals surface area contributed by atoms with Crippen LogP contribution >= 0.6 is 0 Å². The quantitative estimate of drug-likeness (QED) is 0.327. The van der Waals surface area contributed by atoms with Crippen molar-refractivity contribution in [2.24, 2.45) is 0 Å². The first-order valence-electron chi connectivity index (χ1n) is 8.71. The van der Waals surface area contributed by atoms with Gasteiger partial charge in [0.15, 0.2) is 0 Å². The van der Waals surface area contributed by atoms with Gasteiger partial charge < -0.3 is 10.2 Å². The zero-order chi connectivity index (χ0) is 15.8. The number of unbranched alkanes of at least 4 members (excludes halogenated alkanes) is 9. The maximum Gasteiger partial charge on any atom is 0.305 e. The molecule has 0 aliphatic heterocycles. The number of carboxylic acids is 1. The van der Waals surface area contributed by atoms with Crippen molar-refractivity contribution in [2.45, 2.75) is 96.5 Å². The summed E-state index contributed by atoms with van der Waals surface area (Å²) in [6, 6.07) is 0. The van der Waals surface area contributed by atoms with E-state index in [-0.39, 0.29) is 6.42 Å². The smallest absolute Gasteiger partial charge is 0.305 e. The third-order valence-electron chi connectivity index (χ3n) is 3.71. The van der Waals surface area contributed by atoms with E-state index in [9.17, 15) is 9.90 Å². The van der Waals surface area contributed by atoms with Gasteiger partial charge in [-0.1, -0.05) is 64.0 Å². The predicted octanol–water partition coefficient (Wildman–Crippen LogP) is 5.08. The average molecular weight is 298 g/mol. The van der Waals surface area contributed by atoms with Gasteiger partial charge in [0, 0.05) is 0 Å². The molecule has 1 unspecified atom stereocenters. The number of carbonyl (C=O) groups is 1. The molecule has 0 saturated carbocycles. The van der Waals surface area contributed by atoms with Crippen molar-refractivity contribution in [1.82, 2.24) is 0 Å². The number of allylic oxidation sites excluding steroid dienone is 2. The van der Waals surface area contributed by atoms with Crippen LogP contribution in [0.3, 0.4) is 0 Å². The second-order valence-electron chi connectivity index (χ2n) is 5.92. The van der Waals surface area contributed by atoms with Gasteiger partial charge in [-0.05, 0) is 32.1 Å². The number of aliphatic carboxylic acids is 1. The van der Waals surface area contributed by atoms with E-state index >= 15 is 0 Å². The summed E-state index contributed by atoms with van der Waals surface area (Å²) in [5, 5.41) is 17.9. The van der Waals surface area contributed by atoms with E-state index in [0.29, 0.717) is 6.42 Å². The fraction of sp³-hybridized carbons (Fsp3) is 0.833. The molecule has 0 heterocycles. The second kappa shape index (κ2) is 15.6. The highest BCUT2D eigenvalue weighted by Crippen LogP contribution is 2.10. The van der Waals surface area contributed by atoms with Crippen LogP contribution in [-0.4, -0.2) is 22.3 Å². The molecule has 0 saturated heterocycles. The van der Waals surface area contributed by atoms with Crippen LogP contribution in [-0.2, 0) is 4.79 Å². The Hall–Kier alpha value is -0.830. The van der Waals surface area contributed by atoms with Gasteiger partial charge in [-0.3, -0.25) is 4.79 Å². The minimum absolute atomic E-state index is 0.127. The summed E-state index contributed by atoms with van der Waals surface area (Å²) in [6.07, 6.45) is 17.9. The van der Waals surface area contributed by atoms with E-state index in [4.69, 9.17) is 5.11 Å². The van der Waals surface area contributed by atoms with Gasteiger partial charge >= 0.3 is 5.97 Å². The van der Waals surface area contributed by atoms with Gasteiger partial charge in [-0.25, -0.2) is 0 Å². The Morgan fingerprint density at radius 3 is 2.00 bits per heavy atom. The molecule has 0 radical (unpaired) electrons. The summed E-state index contributed by atoms with van der Waals surface area (Å²) in [7, 11) is 0. The summed E-state index contributed by atoms with van der Waals surface area (Å²) in [5.74, 6) is -0.917. The minimum atomic E-state index is -0.917. The maximum absolute atomic E-state index is 10.4. The molecule has 0 spiro atoms. The van der Waals surface area contributed by atoms with Crippen LogP contribution in [0.1, 0.15) is 90.4 Å². The summed E-state index contributed by atoms with van der Waals surface area (Å²) in [5.41, 5.74) is 0. The molecule has 124 valence electrons. The Balaban J connectivity index is 3.20. The maximum atomic E-state index is 10.4. The van der Waals surface area contributed by atoms with Crippen LogP contribution < -0.4 is 0 Å². The molecule has 0 fully saturated rings. The molecule has 3 heteroatoms. The number of aliphatic hydroxyl groups excluding tert-OH is 1. The molecule has 0 rings (SSSR count). The summed E-state index contributed by atoms with van der Waals surface area (Å²) in [4.78, 5) is 10.4. The monoisotopic (exact) mass is 298 g/mol. The molecule has 2 N–H and O–H groups in total. The third kappa shape index (κ3) is 17.1. The molecule has 0 aromatic heterocycles. The van der Waals surface area contributed by atoms with Crippen LogP contribution in [0.25, 0.3) is 0 Å². The van der Waals surface area contributed by atoms with Crippen molar-refractivity contribution in [3.8, 4) is 0 Å². The highest BCUT2D eigenvalue weighted by molar-refractivity contribution is 5.67. The first-order valence-corrected chi connectivity index (χ1v) is 8.71. The fourth-order valence-electron chi connectivity index (χ4n) is 2.40. The topological polar surface area (TPSA) is 57.5 Å². The molecule has 0 aliphatic rings. The SMILES string of the molecule is CCCCCCCC/C=C\CCCCCC(O)CC(=O)O. The van der Waals surface area contributed by atoms with Crippen LogP contribution in [0.5, 0.6) is 0 Å². The standard InChI is InChI=1S/C18H34O3/c1-2-3-4-5-6-7-8-9-10-11-12-13-14-15-17(19)16-18(20)21/h9-10,17,19H,2-8,11-16H2,1H3,(H,20,21)/b10-9-. The second-order valence-corrected chi connectivity index (χ2v) is 5.92. The Bertz CT molecular complexity index is 261. The van der Waals surface area contributed by atoms with Gasteiger partial charge in [0.25, 0.3) is 0 Å². The number of hydrogen-bond donors (Lipinski definition) is 2. The van der Waals surface area contributed by atoms with E-state index in [1.165, 1.54) is 44.9 Å². The van der Waals surface area contributed by atoms with E-state index in [1.54, 1.807) is 0 Å². The van der Waals surface area contributed by atoms with Crippen LogP contribution in [0.2, 0.25) is 0 Å². The molecule has 0 aliphatic carbocycles. The van der Waals surface area contributed by atoms with Crippen molar-refractivity contribution in [1.29, 1.82) is 0 Å². The van der Waals surface area contributed by atoms with E-state index < -0.39 is 12.1 Å². The zero-order valence-electron chi connectivity index (χ0n) is 13.7. The Morgan fingerprint density at radius 2 is 1.43 bits per heavy atom. The molecule has 0 aromatic rings. The van der Waals surface area contributed by atoms with Crippen molar-refractivity contribution >= 4 is 5.97 Å². The molecule has 0 amide bonds. The summed E-state index contributed by atoms with van der Waals surface area (Å²) in [6.45, 7) is 2.25. The summed E-state index contributed by atoms with van der Waals surface area (Å²) < 4.78 is 0. The lowest BCUT2D eigenvalue weighted by Gasteiger charge is -2.06. The number of carboxylic acid groups (broad SMARTS) is 1. The number of rotatable bonds is 15. The molecular formula is C18H34O3. The van der Waals surface area contributed by atoms with Crippen molar-refractivity contribution < 1.29 is 15.0 Å². The van der Waals surface area contributed by atoms with Crippen LogP contribution in [0.15, 0.2) is 12.2 Å². The Kier molecular flexibility index (Phi) is 14.9. The van der Waals surface area contributed by atoms with E-state index in [2.05, 4.69) is 19.1 Å². The largest absolute Gasteiger partial charge is 0.481 e. The van der Waals surface area contributed by atoms with Crippen LogP contribution in [0, 0.1) is 0 Å². The average Bonchev–Trinajstić information content (AvgIpc) is 2.43. The molecule has 1 atom stereocenters. The fourth-order valence-corrected chi connectivity index (χ4v) is 2.40.